The maximum absolute atomic E-state index is 11.5. The lowest BCUT2D eigenvalue weighted by Crippen LogP contribution is -2.34. The molecule has 0 amide bonds. The van der Waals surface area contributed by atoms with E-state index in [1.165, 1.54) is 18.4 Å². The van der Waals surface area contributed by atoms with Crippen LogP contribution in [0.2, 0.25) is 0 Å². The summed E-state index contributed by atoms with van der Waals surface area (Å²) in [5.41, 5.74) is 10.3. The molecule has 0 heterocycles. The zero-order chi connectivity index (χ0) is 10.2. The molecule has 0 saturated heterocycles. The van der Waals surface area contributed by atoms with Crippen LogP contribution in [0.3, 0.4) is 0 Å². The van der Waals surface area contributed by atoms with Crippen LogP contribution < -0.4 is 0 Å². The molecule has 0 radical (unpaired) electrons. The SMILES string of the molecule is C[C@]12CCCCC1=CC(=O)C(=[N+]=[N-])C2. The van der Waals surface area contributed by atoms with Crippen LogP contribution >= 0.6 is 0 Å². The van der Waals surface area contributed by atoms with Crippen molar-refractivity contribution in [1.29, 1.82) is 0 Å². The van der Waals surface area contributed by atoms with Gasteiger partial charge in [-0.05, 0) is 25.3 Å². The van der Waals surface area contributed by atoms with Gasteiger partial charge in [0.25, 0.3) is 5.78 Å². The van der Waals surface area contributed by atoms with Crippen LogP contribution in [-0.2, 0) is 4.79 Å². The summed E-state index contributed by atoms with van der Waals surface area (Å²) < 4.78 is 0. The first-order valence-corrected chi connectivity index (χ1v) is 5.12. The Kier molecular flexibility index (Phi) is 2.12. The molecule has 1 atom stereocenters. The maximum Gasteiger partial charge on any atom is 0.339 e. The molecule has 0 bridgehead atoms. The van der Waals surface area contributed by atoms with Gasteiger partial charge < -0.3 is 5.53 Å². The molecular weight excluding hydrogens is 176 g/mol. The molecule has 2 rings (SSSR count). The van der Waals surface area contributed by atoms with E-state index in [1.807, 2.05) is 0 Å². The zero-order valence-electron chi connectivity index (χ0n) is 8.42. The molecule has 14 heavy (non-hydrogen) atoms. The Bertz CT molecular complexity index is 363. The summed E-state index contributed by atoms with van der Waals surface area (Å²) in [6.07, 6.45) is 6.80. The molecule has 0 aliphatic heterocycles. The van der Waals surface area contributed by atoms with Gasteiger partial charge in [0.15, 0.2) is 0 Å². The van der Waals surface area contributed by atoms with Crippen LogP contribution in [0.25, 0.3) is 5.53 Å². The summed E-state index contributed by atoms with van der Waals surface area (Å²) in [6.45, 7) is 2.16. The highest BCUT2D eigenvalue weighted by molar-refractivity contribution is 6.42. The molecule has 0 aromatic heterocycles. The normalized spacial score (nSPS) is 31.9. The van der Waals surface area contributed by atoms with E-state index < -0.39 is 0 Å². The minimum Gasteiger partial charge on any atom is -0.361 e. The molecule has 3 nitrogen and oxygen atoms in total. The van der Waals surface area contributed by atoms with Crippen molar-refractivity contribution in [3.63, 3.8) is 0 Å². The first kappa shape index (κ1) is 9.35. The summed E-state index contributed by atoms with van der Waals surface area (Å²) >= 11 is 0. The fourth-order valence-corrected chi connectivity index (χ4v) is 2.52. The summed E-state index contributed by atoms with van der Waals surface area (Å²) in [7, 11) is 0. The number of fused-ring (bicyclic) bond motifs is 1. The average Bonchev–Trinajstić information content (AvgIpc) is 2.18. The predicted octanol–water partition coefficient (Wildman–Crippen LogP) is 2.14. The quantitative estimate of drug-likeness (QED) is 0.426. The van der Waals surface area contributed by atoms with Gasteiger partial charge in [0, 0.05) is 5.41 Å². The largest absolute Gasteiger partial charge is 0.361 e. The van der Waals surface area contributed by atoms with E-state index in [4.69, 9.17) is 5.53 Å². The highest BCUT2D eigenvalue weighted by atomic mass is 16.1. The van der Waals surface area contributed by atoms with Crippen LogP contribution in [-0.4, -0.2) is 16.3 Å². The summed E-state index contributed by atoms with van der Waals surface area (Å²) in [5.74, 6) is -0.109. The lowest BCUT2D eigenvalue weighted by Gasteiger charge is -2.36. The van der Waals surface area contributed by atoms with Crippen LogP contribution in [0.4, 0.5) is 0 Å². The summed E-state index contributed by atoms with van der Waals surface area (Å²) in [5, 5.41) is 0. The van der Waals surface area contributed by atoms with E-state index in [0.717, 1.165) is 12.8 Å². The van der Waals surface area contributed by atoms with Gasteiger partial charge in [0.2, 0.25) is 0 Å². The first-order chi connectivity index (χ1) is 6.65. The van der Waals surface area contributed by atoms with Crippen LogP contribution in [0.1, 0.15) is 39.0 Å². The molecule has 0 aromatic carbocycles. The van der Waals surface area contributed by atoms with Crippen LogP contribution in [0, 0.1) is 5.41 Å². The number of rotatable bonds is 0. The number of carbonyl (C=O) groups excluding carboxylic acids is 1. The highest BCUT2D eigenvalue weighted by Crippen LogP contribution is 2.45. The summed E-state index contributed by atoms with van der Waals surface area (Å²) in [6, 6.07) is 0. The van der Waals surface area contributed by atoms with E-state index in [2.05, 4.69) is 11.7 Å². The highest BCUT2D eigenvalue weighted by Gasteiger charge is 2.41. The molecule has 1 saturated carbocycles. The Morgan fingerprint density at radius 2 is 2.29 bits per heavy atom. The molecule has 1 fully saturated rings. The molecule has 2 aliphatic rings. The topological polar surface area (TPSA) is 53.5 Å². The predicted molar refractivity (Wildman–Crippen MR) is 52.9 cm³/mol. The Labute approximate surface area is 83.4 Å². The van der Waals surface area contributed by atoms with E-state index in [-0.39, 0.29) is 11.2 Å². The third-order valence-corrected chi connectivity index (χ3v) is 3.47. The zero-order valence-corrected chi connectivity index (χ0v) is 8.42. The minimum atomic E-state index is -0.109. The van der Waals surface area contributed by atoms with Crippen molar-refractivity contribution >= 4 is 11.5 Å². The third kappa shape index (κ3) is 1.34. The Hall–Kier alpha value is -1.21. The Morgan fingerprint density at radius 1 is 1.50 bits per heavy atom. The number of ketones is 1. The standard InChI is InChI=1S/C11H14N2O/c1-11-5-3-2-4-8(11)6-10(14)9(7-11)13-12/h6H,2-5,7H2,1H3/t11-/m1/s1. The second kappa shape index (κ2) is 3.18. The van der Waals surface area contributed by atoms with Crippen LogP contribution in [0.5, 0.6) is 0 Å². The van der Waals surface area contributed by atoms with Crippen molar-refractivity contribution in [2.45, 2.75) is 39.0 Å². The molecular formula is C11H14N2O. The first-order valence-electron chi connectivity index (χ1n) is 5.12. The number of nitrogens with zero attached hydrogens (tertiary/aromatic N) is 2. The molecule has 0 N–H and O–H groups in total. The lowest BCUT2D eigenvalue weighted by molar-refractivity contribution is -0.114. The summed E-state index contributed by atoms with van der Waals surface area (Å²) in [4.78, 5) is 14.5. The number of allylic oxidation sites excluding steroid dienone is 2. The van der Waals surface area contributed by atoms with Gasteiger partial charge >= 0.3 is 5.71 Å². The van der Waals surface area contributed by atoms with E-state index in [1.54, 1.807) is 6.08 Å². The second-order valence-corrected chi connectivity index (χ2v) is 4.53. The van der Waals surface area contributed by atoms with Crippen molar-refractivity contribution in [1.82, 2.24) is 0 Å². The third-order valence-electron chi connectivity index (χ3n) is 3.47. The van der Waals surface area contributed by atoms with Crippen molar-refractivity contribution in [2.75, 3.05) is 0 Å². The van der Waals surface area contributed by atoms with Gasteiger partial charge in [0.1, 0.15) is 0 Å². The molecule has 3 heteroatoms. The monoisotopic (exact) mass is 190 g/mol. The van der Waals surface area contributed by atoms with Gasteiger partial charge in [-0.15, -0.1) is 0 Å². The fraction of sp³-hybridized carbons (Fsp3) is 0.636. The van der Waals surface area contributed by atoms with Gasteiger partial charge in [-0.3, -0.25) is 4.79 Å². The number of hydrogen-bond donors (Lipinski definition) is 0. The van der Waals surface area contributed by atoms with E-state index in [9.17, 15) is 4.79 Å². The van der Waals surface area contributed by atoms with Gasteiger partial charge in [-0.1, -0.05) is 18.9 Å². The van der Waals surface area contributed by atoms with Crippen molar-refractivity contribution in [3.8, 4) is 0 Å². The van der Waals surface area contributed by atoms with Gasteiger partial charge in [-0.2, -0.15) is 4.79 Å². The molecule has 0 aromatic rings. The number of carbonyl (C=O) groups is 1. The Morgan fingerprint density at radius 3 is 3.00 bits per heavy atom. The lowest BCUT2D eigenvalue weighted by atomic mass is 9.65. The van der Waals surface area contributed by atoms with E-state index in [0.29, 0.717) is 12.1 Å². The molecule has 0 unspecified atom stereocenters. The Balaban J connectivity index is 2.42. The average molecular weight is 190 g/mol. The van der Waals surface area contributed by atoms with Crippen molar-refractivity contribution in [2.24, 2.45) is 5.41 Å². The fourth-order valence-electron chi connectivity index (χ4n) is 2.52. The second-order valence-electron chi connectivity index (χ2n) is 4.53. The minimum absolute atomic E-state index is 0.0771. The van der Waals surface area contributed by atoms with E-state index >= 15 is 0 Å². The molecule has 74 valence electrons. The number of hydrogen-bond acceptors (Lipinski definition) is 1. The molecule has 2 aliphatic carbocycles. The smallest absolute Gasteiger partial charge is 0.339 e. The van der Waals surface area contributed by atoms with Crippen molar-refractivity contribution in [3.05, 3.63) is 17.2 Å². The van der Waals surface area contributed by atoms with Gasteiger partial charge in [-0.25, -0.2) is 0 Å². The van der Waals surface area contributed by atoms with Gasteiger partial charge in [0.05, 0.1) is 6.42 Å². The molecule has 0 spiro atoms. The van der Waals surface area contributed by atoms with Crippen LogP contribution in [0.15, 0.2) is 11.6 Å². The van der Waals surface area contributed by atoms with Crippen molar-refractivity contribution < 1.29 is 9.58 Å². The maximum atomic E-state index is 11.5.